The average molecular weight is 327 g/mol. The van der Waals surface area contributed by atoms with Crippen LogP contribution >= 0.6 is 11.3 Å². The van der Waals surface area contributed by atoms with Crippen LogP contribution in [0.5, 0.6) is 0 Å². The number of para-hydroxylation sites is 1. The third-order valence-corrected chi connectivity index (χ3v) is 5.02. The van der Waals surface area contributed by atoms with Gasteiger partial charge in [-0.05, 0) is 43.7 Å². The maximum atomic E-state index is 12.3. The lowest BCUT2D eigenvalue weighted by Gasteiger charge is -2.23. The first kappa shape index (κ1) is 14.4. The van der Waals surface area contributed by atoms with E-state index in [1.165, 1.54) is 0 Å². The lowest BCUT2D eigenvalue weighted by atomic mass is 10.1. The van der Waals surface area contributed by atoms with Gasteiger partial charge in [0.2, 0.25) is 0 Å². The zero-order chi connectivity index (χ0) is 15.6. The molecule has 1 aliphatic rings. The number of carbonyl (C=O) groups excluding carboxylic acids is 1. The lowest BCUT2D eigenvalue weighted by molar-refractivity contribution is 0.0903. The molecule has 0 aliphatic carbocycles. The molecule has 1 fully saturated rings. The van der Waals surface area contributed by atoms with E-state index in [-0.39, 0.29) is 11.9 Å². The molecule has 0 bridgehead atoms. The number of hydrogen-bond acceptors (Lipinski definition) is 5. The standard InChI is InChI=1S/C17H17N3O2S/c21-16(19-11-4-3-9-18-10-11)13-7-8-14(22-13)17-20-12-5-1-2-6-15(12)23-17/h1-2,5-8,11,18H,3-4,9-10H2,(H,19,21)/t11-/m0/s1. The van der Waals surface area contributed by atoms with E-state index >= 15 is 0 Å². The molecule has 23 heavy (non-hydrogen) atoms. The highest BCUT2D eigenvalue weighted by atomic mass is 32.1. The fourth-order valence-corrected chi connectivity index (χ4v) is 3.71. The van der Waals surface area contributed by atoms with Gasteiger partial charge in [-0.15, -0.1) is 11.3 Å². The van der Waals surface area contributed by atoms with Crippen molar-refractivity contribution in [2.24, 2.45) is 0 Å². The van der Waals surface area contributed by atoms with Crippen LogP contribution < -0.4 is 10.6 Å². The van der Waals surface area contributed by atoms with E-state index in [0.29, 0.717) is 11.5 Å². The molecule has 1 aliphatic heterocycles. The number of aromatic nitrogens is 1. The Labute approximate surface area is 137 Å². The molecule has 4 rings (SSSR count). The summed E-state index contributed by atoms with van der Waals surface area (Å²) in [5, 5.41) is 7.09. The molecular weight excluding hydrogens is 310 g/mol. The van der Waals surface area contributed by atoms with Crippen molar-refractivity contribution in [1.82, 2.24) is 15.6 Å². The number of nitrogens with zero attached hydrogens (tertiary/aromatic N) is 1. The molecule has 1 saturated heterocycles. The second-order valence-corrected chi connectivity index (χ2v) is 6.70. The second kappa shape index (κ2) is 6.14. The minimum atomic E-state index is -0.161. The largest absolute Gasteiger partial charge is 0.448 e. The normalized spacial score (nSPS) is 18.2. The molecule has 2 aromatic heterocycles. The fraction of sp³-hybridized carbons (Fsp3) is 0.294. The van der Waals surface area contributed by atoms with Crippen molar-refractivity contribution in [3.63, 3.8) is 0 Å². The monoisotopic (exact) mass is 327 g/mol. The van der Waals surface area contributed by atoms with Gasteiger partial charge in [0.15, 0.2) is 16.5 Å². The van der Waals surface area contributed by atoms with E-state index in [1.54, 1.807) is 17.4 Å². The quantitative estimate of drug-likeness (QED) is 0.776. The molecule has 6 heteroatoms. The van der Waals surface area contributed by atoms with Gasteiger partial charge < -0.3 is 15.1 Å². The van der Waals surface area contributed by atoms with Crippen LogP contribution in [0, 0.1) is 0 Å². The van der Waals surface area contributed by atoms with E-state index in [4.69, 9.17) is 4.42 Å². The summed E-state index contributed by atoms with van der Waals surface area (Å²) in [6.45, 7) is 1.84. The molecule has 5 nitrogen and oxygen atoms in total. The zero-order valence-corrected chi connectivity index (χ0v) is 13.4. The zero-order valence-electron chi connectivity index (χ0n) is 12.5. The van der Waals surface area contributed by atoms with E-state index in [9.17, 15) is 4.79 Å². The summed E-state index contributed by atoms with van der Waals surface area (Å²) >= 11 is 1.56. The number of piperidine rings is 1. The summed E-state index contributed by atoms with van der Waals surface area (Å²) in [4.78, 5) is 16.8. The first-order valence-corrected chi connectivity index (χ1v) is 8.58. The third kappa shape index (κ3) is 3.00. The fourth-order valence-electron chi connectivity index (χ4n) is 2.78. The second-order valence-electron chi connectivity index (χ2n) is 5.67. The van der Waals surface area contributed by atoms with Gasteiger partial charge in [0.25, 0.3) is 5.91 Å². The number of hydrogen-bond donors (Lipinski definition) is 2. The number of rotatable bonds is 3. The van der Waals surface area contributed by atoms with Gasteiger partial charge in [0, 0.05) is 12.6 Å². The number of thiazole rings is 1. The van der Waals surface area contributed by atoms with Crippen LogP contribution in [0.25, 0.3) is 21.0 Å². The van der Waals surface area contributed by atoms with Gasteiger partial charge in [-0.3, -0.25) is 4.79 Å². The van der Waals surface area contributed by atoms with Crippen molar-refractivity contribution in [3.8, 4) is 10.8 Å². The van der Waals surface area contributed by atoms with Gasteiger partial charge in [-0.2, -0.15) is 0 Å². The summed E-state index contributed by atoms with van der Waals surface area (Å²) in [6.07, 6.45) is 2.09. The maximum Gasteiger partial charge on any atom is 0.287 e. The van der Waals surface area contributed by atoms with Crippen molar-refractivity contribution >= 4 is 27.5 Å². The first-order chi connectivity index (χ1) is 11.3. The molecule has 0 spiro atoms. The molecule has 2 N–H and O–H groups in total. The Morgan fingerprint density at radius 2 is 2.22 bits per heavy atom. The number of benzene rings is 1. The molecule has 1 amide bonds. The maximum absolute atomic E-state index is 12.3. The molecular formula is C17H17N3O2S. The van der Waals surface area contributed by atoms with Crippen LogP contribution in [0.1, 0.15) is 23.4 Å². The lowest BCUT2D eigenvalue weighted by Crippen LogP contribution is -2.45. The highest BCUT2D eigenvalue weighted by Gasteiger charge is 2.19. The van der Waals surface area contributed by atoms with Crippen LogP contribution in [0.2, 0.25) is 0 Å². The average Bonchev–Trinajstić information content (AvgIpc) is 3.22. The van der Waals surface area contributed by atoms with Crippen LogP contribution in [-0.2, 0) is 0 Å². The molecule has 0 saturated carbocycles. The summed E-state index contributed by atoms with van der Waals surface area (Å²) in [5.41, 5.74) is 0.947. The van der Waals surface area contributed by atoms with Crippen molar-refractivity contribution in [2.75, 3.05) is 13.1 Å². The Bertz CT molecular complexity index is 800. The molecule has 118 valence electrons. The van der Waals surface area contributed by atoms with Gasteiger partial charge in [0.1, 0.15) is 0 Å². The Hall–Kier alpha value is -2.18. The number of nitrogens with one attached hydrogen (secondary N) is 2. The van der Waals surface area contributed by atoms with Gasteiger partial charge in [-0.1, -0.05) is 12.1 Å². The van der Waals surface area contributed by atoms with Crippen molar-refractivity contribution in [2.45, 2.75) is 18.9 Å². The topological polar surface area (TPSA) is 67.2 Å². The summed E-state index contributed by atoms with van der Waals surface area (Å²) in [6, 6.07) is 11.7. The molecule has 1 atom stereocenters. The summed E-state index contributed by atoms with van der Waals surface area (Å²) in [7, 11) is 0. The van der Waals surface area contributed by atoms with E-state index in [0.717, 1.165) is 41.2 Å². The predicted molar refractivity (Wildman–Crippen MR) is 90.7 cm³/mol. The van der Waals surface area contributed by atoms with Crippen molar-refractivity contribution in [1.29, 1.82) is 0 Å². The number of carbonyl (C=O) groups is 1. The molecule has 3 aromatic rings. The molecule has 3 heterocycles. The minimum absolute atomic E-state index is 0.161. The van der Waals surface area contributed by atoms with Crippen LogP contribution in [0.3, 0.4) is 0 Å². The van der Waals surface area contributed by atoms with Crippen molar-refractivity contribution in [3.05, 3.63) is 42.2 Å². The third-order valence-electron chi connectivity index (χ3n) is 3.97. The van der Waals surface area contributed by atoms with Crippen LogP contribution in [0.4, 0.5) is 0 Å². The predicted octanol–water partition coefficient (Wildman–Crippen LogP) is 3.04. The number of furan rings is 1. The van der Waals surface area contributed by atoms with Crippen molar-refractivity contribution < 1.29 is 9.21 Å². The van der Waals surface area contributed by atoms with Crippen LogP contribution in [0.15, 0.2) is 40.8 Å². The highest BCUT2D eigenvalue weighted by molar-refractivity contribution is 7.21. The van der Waals surface area contributed by atoms with E-state index in [2.05, 4.69) is 15.6 Å². The number of fused-ring (bicyclic) bond motifs is 1. The number of amides is 1. The highest BCUT2D eigenvalue weighted by Crippen LogP contribution is 2.31. The summed E-state index contributed by atoms with van der Waals surface area (Å²) < 4.78 is 6.83. The Morgan fingerprint density at radius 3 is 3.04 bits per heavy atom. The van der Waals surface area contributed by atoms with E-state index in [1.807, 2.05) is 30.3 Å². The SMILES string of the molecule is O=C(N[C@H]1CCCNC1)c1ccc(-c2nc3ccccc3s2)o1. The van der Waals surface area contributed by atoms with Gasteiger partial charge in [-0.25, -0.2) is 4.98 Å². The molecule has 0 unspecified atom stereocenters. The van der Waals surface area contributed by atoms with E-state index < -0.39 is 0 Å². The Morgan fingerprint density at radius 1 is 1.30 bits per heavy atom. The molecule has 1 aromatic carbocycles. The van der Waals surface area contributed by atoms with Crippen LogP contribution in [-0.4, -0.2) is 30.0 Å². The Kier molecular flexibility index (Phi) is 3.85. The van der Waals surface area contributed by atoms with Gasteiger partial charge in [0.05, 0.1) is 10.2 Å². The Balaban J connectivity index is 1.52. The smallest absolute Gasteiger partial charge is 0.287 e. The molecule has 0 radical (unpaired) electrons. The first-order valence-electron chi connectivity index (χ1n) is 7.77. The minimum Gasteiger partial charge on any atom is -0.448 e. The van der Waals surface area contributed by atoms with Gasteiger partial charge >= 0.3 is 0 Å². The summed E-state index contributed by atoms with van der Waals surface area (Å²) in [5.74, 6) is 0.814.